The molecule has 1 aliphatic heterocycles. The zero-order valence-corrected chi connectivity index (χ0v) is 26.7. The fourth-order valence-electron chi connectivity index (χ4n) is 6.65. The van der Waals surface area contributed by atoms with Crippen LogP contribution in [0.1, 0.15) is 65.7 Å². The van der Waals surface area contributed by atoms with E-state index < -0.39 is 0 Å². The summed E-state index contributed by atoms with van der Waals surface area (Å²) in [6.07, 6.45) is 2.25. The van der Waals surface area contributed by atoms with Crippen LogP contribution >= 0.6 is 0 Å². The van der Waals surface area contributed by atoms with Gasteiger partial charge in [-0.1, -0.05) is 73.7 Å². The number of rotatable bonds is 9. The molecule has 0 aliphatic carbocycles. The van der Waals surface area contributed by atoms with E-state index in [1.807, 2.05) is 78.9 Å². The Balaban J connectivity index is 1.22. The molecule has 0 unspecified atom stereocenters. The van der Waals surface area contributed by atoms with Gasteiger partial charge in [0.1, 0.15) is 5.82 Å². The number of pyridine rings is 1. The number of hydrogen-bond donors (Lipinski definition) is 1. The van der Waals surface area contributed by atoms with E-state index >= 15 is 0 Å². The molecule has 1 aliphatic rings. The lowest BCUT2D eigenvalue weighted by Gasteiger charge is -2.32. The van der Waals surface area contributed by atoms with Gasteiger partial charge in [-0.05, 0) is 80.4 Å². The van der Waals surface area contributed by atoms with E-state index in [9.17, 15) is 14.0 Å². The average Bonchev–Trinajstić information content (AvgIpc) is 3.63. The first-order valence-electron chi connectivity index (χ1n) is 16.4. The number of halogens is 1. The van der Waals surface area contributed by atoms with Gasteiger partial charge in [0.15, 0.2) is 0 Å². The summed E-state index contributed by atoms with van der Waals surface area (Å²) in [5, 5.41) is 13.0. The van der Waals surface area contributed by atoms with Crippen LogP contribution < -0.4 is 10.9 Å². The maximum Gasteiger partial charge on any atom is 0.263 e. The summed E-state index contributed by atoms with van der Waals surface area (Å²) in [4.78, 5) is 30.9. The van der Waals surface area contributed by atoms with E-state index in [1.54, 1.807) is 22.8 Å². The van der Waals surface area contributed by atoms with Crippen LogP contribution in [0.25, 0.3) is 27.9 Å². The van der Waals surface area contributed by atoms with Crippen LogP contribution in [-0.2, 0) is 6.54 Å². The van der Waals surface area contributed by atoms with E-state index in [4.69, 9.17) is 4.42 Å². The second kappa shape index (κ2) is 13.8. The van der Waals surface area contributed by atoms with Crippen molar-refractivity contribution in [2.24, 2.45) is 0 Å². The van der Waals surface area contributed by atoms with Gasteiger partial charge < -0.3 is 9.73 Å². The van der Waals surface area contributed by atoms with Crippen molar-refractivity contribution >= 4 is 16.7 Å². The number of nitrogens with zero attached hydrogens (tertiary/aromatic N) is 4. The lowest BCUT2D eigenvalue weighted by atomic mass is 9.95. The molecule has 9 heteroatoms. The molecule has 1 saturated heterocycles. The van der Waals surface area contributed by atoms with Gasteiger partial charge in [-0.2, -0.15) is 0 Å². The monoisotopic (exact) mass is 641 g/mol. The highest BCUT2D eigenvalue weighted by Gasteiger charge is 2.29. The molecular formula is C39H36FN5O3. The summed E-state index contributed by atoms with van der Waals surface area (Å²) < 4.78 is 21.1. The van der Waals surface area contributed by atoms with Crippen LogP contribution in [0.4, 0.5) is 4.39 Å². The minimum Gasteiger partial charge on any atom is -0.420 e. The highest BCUT2D eigenvalue weighted by molar-refractivity contribution is 6.08. The van der Waals surface area contributed by atoms with Crippen molar-refractivity contribution in [1.29, 1.82) is 0 Å². The molecule has 2 aromatic heterocycles. The quantitative estimate of drug-likeness (QED) is 0.176. The third-order valence-corrected chi connectivity index (χ3v) is 9.19. The highest BCUT2D eigenvalue weighted by atomic mass is 19.1. The van der Waals surface area contributed by atoms with Gasteiger partial charge >= 0.3 is 0 Å². The van der Waals surface area contributed by atoms with Gasteiger partial charge in [0.2, 0.25) is 11.8 Å². The van der Waals surface area contributed by atoms with E-state index in [-0.39, 0.29) is 29.2 Å². The molecule has 7 rings (SSSR count). The molecule has 1 amide bonds. The SMILES string of the molecule is CC[C@H](NC(=O)c1c(CN2CCC(c3nnc(-c4ccc(F)cc4)o3)CC2)n(-c2ccccc2)c(=O)c2ccccc12)c1ccccc1. The summed E-state index contributed by atoms with van der Waals surface area (Å²) in [6, 6.07) is 32.7. The number of aromatic nitrogens is 3. The largest absolute Gasteiger partial charge is 0.420 e. The highest BCUT2D eigenvalue weighted by Crippen LogP contribution is 2.32. The Kier molecular flexibility index (Phi) is 8.94. The molecule has 8 nitrogen and oxygen atoms in total. The third kappa shape index (κ3) is 6.29. The molecule has 48 heavy (non-hydrogen) atoms. The number of benzene rings is 4. The molecule has 0 radical (unpaired) electrons. The van der Waals surface area contributed by atoms with Gasteiger partial charge in [0, 0.05) is 34.5 Å². The molecule has 4 aromatic carbocycles. The Morgan fingerprint density at radius 2 is 1.52 bits per heavy atom. The van der Waals surface area contributed by atoms with Crippen LogP contribution in [0.2, 0.25) is 0 Å². The summed E-state index contributed by atoms with van der Waals surface area (Å²) in [5.74, 6) is 0.460. The summed E-state index contributed by atoms with van der Waals surface area (Å²) >= 11 is 0. The lowest BCUT2D eigenvalue weighted by Crippen LogP contribution is -2.38. The fourth-order valence-corrected chi connectivity index (χ4v) is 6.65. The Labute approximate surface area is 277 Å². The Hall–Kier alpha value is -5.41. The van der Waals surface area contributed by atoms with Crippen molar-refractivity contribution < 1.29 is 13.6 Å². The van der Waals surface area contributed by atoms with E-state index in [0.29, 0.717) is 71.1 Å². The zero-order chi connectivity index (χ0) is 33.0. The standard InChI is InChI=1S/C39H36FN5O3/c1-2-33(26-11-5-3-6-12-26)41-36(46)35-31-15-9-10-16-32(31)39(47)45(30-13-7-4-8-14-30)34(35)25-44-23-21-28(22-24-44)38-43-42-37(48-38)27-17-19-29(40)20-18-27/h3-20,28,33H,2,21-25H2,1H3,(H,41,46)/t33-/m0/s1. The fraction of sp³-hybridized carbons (Fsp3) is 0.231. The van der Waals surface area contributed by atoms with Crippen LogP contribution in [0.3, 0.4) is 0 Å². The molecule has 0 saturated carbocycles. The molecule has 1 N–H and O–H groups in total. The molecule has 0 bridgehead atoms. The number of carbonyl (C=O) groups excluding carboxylic acids is 1. The van der Waals surface area contributed by atoms with Gasteiger partial charge in [-0.25, -0.2) is 4.39 Å². The summed E-state index contributed by atoms with van der Waals surface area (Å²) in [5.41, 5.74) is 3.41. The van der Waals surface area contributed by atoms with Crippen molar-refractivity contribution in [2.75, 3.05) is 13.1 Å². The van der Waals surface area contributed by atoms with E-state index in [0.717, 1.165) is 18.4 Å². The number of carbonyl (C=O) groups is 1. The van der Waals surface area contributed by atoms with Gasteiger partial charge in [0.25, 0.3) is 11.5 Å². The number of fused-ring (bicyclic) bond motifs is 1. The Morgan fingerprint density at radius 1 is 0.875 bits per heavy atom. The van der Waals surface area contributed by atoms with Crippen LogP contribution in [-0.4, -0.2) is 38.7 Å². The first-order valence-corrected chi connectivity index (χ1v) is 16.4. The van der Waals surface area contributed by atoms with Crippen molar-refractivity contribution in [3.8, 4) is 17.1 Å². The maximum atomic E-state index is 14.4. The second-order valence-corrected chi connectivity index (χ2v) is 12.2. The topological polar surface area (TPSA) is 93.3 Å². The molecule has 6 aromatic rings. The summed E-state index contributed by atoms with van der Waals surface area (Å²) in [7, 11) is 0. The zero-order valence-electron chi connectivity index (χ0n) is 26.7. The maximum absolute atomic E-state index is 14.4. The van der Waals surface area contributed by atoms with Gasteiger partial charge in [-0.3, -0.25) is 19.1 Å². The van der Waals surface area contributed by atoms with Crippen LogP contribution in [0.15, 0.2) is 118 Å². The van der Waals surface area contributed by atoms with E-state index in [2.05, 4.69) is 27.3 Å². The number of piperidine rings is 1. The van der Waals surface area contributed by atoms with Crippen molar-refractivity contribution in [1.82, 2.24) is 25.0 Å². The molecule has 0 spiro atoms. The normalized spacial score (nSPS) is 14.6. The molecule has 3 heterocycles. The minimum absolute atomic E-state index is 0.0646. The lowest BCUT2D eigenvalue weighted by molar-refractivity contribution is 0.0933. The smallest absolute Gasteiger partial charge is 0.263 e. The molecule has 1 fully saturated rings. The summed E-state index contributed by atoms with van der Waals surface area (Å²) in [6.45, 7) is 3.87. The van der Waals surface area contributed by atoms with Gasteiger partial charge in [0.05, 0.1) is 17.3 Å². The van der Waals surface area contributed by atoms with Crippen molar-refractivity contribution in [3.63, 3.8) is 0 Å². The number of amides is 1. The first-order chi connectivity index (χ1) is 23.5. The number of para-hydroxylation sites is 1. The van der Waals surface area contributed by atoms with Crippen LogP contribution in [0, 0.1) is 5.82 Å². The minimum atomic E-state index is -0.322. The third-order valence-electron chi connectivity index (χ3n) is 9.19. The number of likely N-dealkylation sites (tertiary alicyclic amines) is 1. The predicted octanol–water partition coefficient (Wildman–Crippen LogP) is 7.44. The number of hydrogen-bond acceptors (Lipinski definition) is 6. The van der Waals surface area contributed by atoms with Gasteiger partial charge in [-0.15, -0.1) is 10.2 Å². The first kappa shape index (κ1) is 31.2. The average molecular weight is 642 g/mol. The molecular weight excluding hydrogens is 605 g/mol. The molecule has 242 valence electrons. The number of nitrogens with one attached hydrogen (secondary N) is 1. The van der Waals surface area contributed by atoms with Crippen molar-refractivity contribution in [2.45, 2.75) is 44.7 Å². The Bertz CT molecular complexity index is 2090. The van der Waals surface area contributed by atoms with E-state index in [1.165, 1.54) is 12.1 Å². The molecule has 1 atom stereocenters. The van der Waals surface area contributed by atoms with Crippen LogP contribution in [0.5, 0.6) is 0 Å². The predicted molar refractivity (Wildman–Crippen MR) is 183 cm³/mol. The second-order valence-electron chi connectivity index (χ2n) is 12.2. The van der Waals surface area contributed by atoms with Crippen molar-refractivity contribution in [3.05, 3.63) is 148 Å². The Morgan fingerprint density at radius 3 is 2.21 bits per heavy atom.